The largest absolute Gasteiger partial charge is 0.379 e. The highest BCUT2D eigenvalue weighted by Crippen LogP contribution is 2.43. The molecule has 1 saturated heterocycles. The summed E-state index contributed by atoms with van der Waals surface area (Å²) in [5.74, 6) is -0.00312. The summed E-state index contributed by atoms with van der Waals surface area (Å²) in [4.78, 5) is 17.7. The lowest BCUT2D eigenvalue weighted by Crippen LogP contribution is -2.38. The molecular formula is C24H25ClN4O2. The first-order valence-corrected chi connectivity index (χ1v) is 11.1. The smallest absolute Gasteiger partial charge is 0.273 e. The van der Waals surface area contributed by atoms with Crippen molar-refractivity contribution in [2.75, 3.05) is 39.4 Å². The Labute approximate surface area is 186 Å². The van der Waals surface area contributed by atoms with Gasteiger partial charge in [0.25, 0.3) is 5.91 Å². The van der Waals surface area contributed by atoms with Gasteiger partial charge in [0.05, 0.1) is 24.9 Å². The molecule has 3 aromatic rings. The quantitative estimate of drug-likeness (QED) is 0.634. The van der Waals surface area contributed by atoms with E-state index in [0.717, 1.165) is 61.7 Å². The van der Waals surface area contributed by atoms with E-state index >= 15 is 0 Å². The molecule has 7 heteroatoms. The number of amides is 1. The van der Waals surface area contributed by atoms with Crippen LogP contribution in [-0.4, -0.2) is 65.3 Å². The van der Waals surface area contributed by atoms with Crippen molar-refractivity contribution < 1.29 is 9.53 Å². The van der Waals surface area contributed by atoms with Gasteiger partial charge in [-0.3, -0.25) is 14.8 Å². The van der Waals surface area contributed by atoms with Crippen LogP contribution in [0.4, 0.5) is 0 Å². The van der Waals surface area contributed by atoms with Crippen LogP contribution in [0, 0.1) is 0 Å². The summed E-state index contributed by atoms with van der Waals surface area (Å²) in [7, 11) is 0. The molecule has 0 aliphatic carbocycles. The number of benzene rings is 2. The van der Waals surface area contributed by atoms with Crippen LogP contribution in [0.5, 0.6) is 0 Å². The predicted octanol–water partition coefficient (Wildman–Crippen LogP) is 4.00. The molecule has 1 unspecified atom stereocenters. The van der Waals surface area contributed by atoms with Gasteiger partial charge in [-0.25, -0.2) is 0 Å². The monoisotopic (exact) mass is 436 g/mol. The van der Waals surface area contributed by atoms with E-state index in [1.807, 2.05) is 59.5 Å². The third kappa shape index (κ3) is 3.99. The van der Waals surface area contributed by atoms with Crippen molar-refractivity contribution in [3.63, 3.8) is 0 Å². The van der Waals surface area contributed by atoms with Crippen molar-refractivity contribution in [1.29, 1.82) is 0 Å². The van der Waals surface area contributed by atoms with E-state index in [4.69, 9.17) is 16.3 Å². The van der Waals surface area contributed by atoms with Crippen LogP contribution in [0.25, 0.3) is 11.3 Å². The molecule has 0 saturated carbocycles. The molecule has 0 bridgehead atoms. The van der Waals surface area contributed by atoms with Gasteiger partial charge in [0.2, 0.25) is 0 Å². The summed E-state index contributed by atoms with van der Waals surface area (Å²) >= 11 is 6.33. The van der Waals surface area contributed by atoms with Crippen molar-refractivity contribution in [2.45, 2.75) is 12.5 Å². The third-order valence-electron chi connectivity index (χ3n) is 6.05. The lowest BCUT2D eigenvalue weighted by Gasteiger charge is -2.29. The third-order valence-corrected chi connectivity index (χ3v) is 6.29. The maximum atomic E-state index is 13.4. The Kier molecular flexibility index (Phi) is 5.76. The standard InChI is InChI=1S/C24H25ClN4O2/c25-19-9-4-8-18(16-19)23-20-21(17-6-2-1-3-7-17)26-27-22(20)24(30)29(23)11-5-10-28-12-14-31-15-13-28/h1-4,6-9,16,23H,5,10-15H2,(H,26,27). The van der Waals surface area contributed by atoms with Crippen LogP contribution in [0.1, 0.15) is 34.1 Å². The number of fused-ring (bicyclic) bond motifs is 1. The van der Waals surface area contributed by atoms with Crippen molar-refractivity contribution in [3.8, 4) is 11.3 Å². The van der Waals surface area contributed by atoms with Gasteiger partial charge >= 0.3 is 0 Å². The zero-order valence-corrected chi connectivity index (χ0v) is 18.0. The van der Waals surface area contributed by atoms with E-state index in [0.29, 0.717) is 17.3 Å². The second-order valence-corrected chi connectivity index (χ2v) is 8.43. The van der Waals surface area contributed by atoms with Gasteiger partial charge in [0, 0.05) is 42.3 Å². The van der Waals surface area contributed by atoms with Crippen LogP contribution in [-0.2, 0) is 4.74 Å². The highest BCUT2D eigenvalue weighted by Gasteiger charge is 2.41. The lowest BCUT2D eigenvalue weighted by atomic mass is 9.96. The number of ether oxygens (including phenoxy) is 1. The SMILES string of the molecule is O=C1c2[nH]nc(-c3ccccc3)c2C(c2cccc(Cl)c2)N1CCCN1CCOCC1. The summed E-state index contributed by atoms with van der Waals surface area (Å²) in [5.41, 5.74) is 4.34. The van der Waals surface area contributed by atoms with Crippen molar-refractivity contribution in [3.05, 3.63) is 76.4 Å². The fraction of sp³-hybridized carbons (Fsp3) is 0.333. The van der Waals surface area contributed by atoms with Crippen LogP contribution in [0.15, 0.2) is 54.6 Å². The number of aromatic amines is 1. The van der Waals surface area contributed by atoms with Crippen LogP contribution in [0.2, 0.25) is 5.02 Å². The number of hydrogen-bond acceptors (Lipinski definition) is 4. The second kappa shape index (κ2) is 8.83. The first kappa shape index (κ1) is 20.2. The first-order valence-electron chi connectivity index (χ1n) is 10.7. The fourth-order valence-electron chi connectivity index (χ4n) is 4.56. The minimum atomic E-state index is -0.208. The Bertz CT molecular complexity index is 1060. The Hall–Kier alpha value is -2.67. The molecular weight excluding hydrogens is 412 g/mol. The van der Waals surface area contributed by atoms with E-state index in [1.54, 1.807) is 0 Å². The van der Waals surface area contributed by atoms with Crippen molar-refractivity contribution in [1.82, 2.24) is 20.0 Å². The number of carbonyl (C=O) groups excluding carboxylic acids is 1. The van der Waals surface area contributed by atoms with E-state index in [2.05, 4.69) is 15.1 Å². The van der Waals surface area contributed by atoms with Crippen LogP contribution >= 0.6 is 11.6 Å². The Morgan fingerprint density at radius 2 is 1.87 bits per heavy atom. The number of nitrogens with one attached hydrogen (secondary N) is 1. The molecule has 160 valence electrons. The Morgan fingerprint density at radius 3 is 2.65 bits per heavy atom. The summed E-state index contributed by atoms with van der Waals surface area (Å²) < 4.78 is 5.44. The van der Waals surface area contributed by atoms with Gasteiger partial charge in [-0.1, -0.05) is 54.1 Å². The molecule has 0 radical (unpaired) electrons. The summed E-state index contributed by atoms with van der Waals surface area (Å²) in [6, 6.07) is 17.6. The molecule has 2 aliphatic rings. The zero-order valence-electron chi connectivity index (χ0n) is 17.3. The first-order chi connectivity index (χ1) is 15.2. The Morgan fingerprint density at radius 1 is 1.06 bits per heavy atom. The van der Waals surface area contributed by atoms with Gasteiger partial charge in [-0.05, 0) is 24.1 Å². The maximum absolute atomic E-state index is 13.4. The molecule has 6 nitrogen and oxygen atoms in total. The number of nitrogens with zero attached hydrogens (tertiary/aromatic N) is 3. The minimum Gasteiger partial charge on any atom is -0.379 e. The average Bonchev–Trinajstić information content (AvgIpc) is 3.34. The fourth-order valence-corrected chi connectivity index (χ4v) is 4.75. The van der Waals surface area contributed by atoms with Crippen LogP contribution < -0.4 is 0 Å². The average molecular weight is 437 g/mol. The van der Waals surface area contributed by atoms with Crippen LogP contribution in [0.3, 0.4) is 0 Å². The van der Waals surface area contributed by atoms with Crippen molar-refractivity contribution in [2.24, 2.45) is 0 Å². The van der Waals surface area contributed by atoms with Gasteiger partial charge in [0.1, 0.15) is 5.69 Å². The van der Waals surface area contributed by atoms with E-state index in [-0.39, 0.29) is 11.9 Å². The predicted molar refractivity (Wildman–Crippen MR) is 120 cm³/mol. The van der Waals surface area contributed by atoms with E-state index in [9.17, 15) is 4.79 Å². The molecule has 5 rings (SSSR count). The van der Waals surface area contributed by atoms with E-state index < -0.39 is 0 Å². The maximum Gasteiger partial charge on any atom is 0.273 e. The summed E-state index contributed by atoms with van der Waals surface area (Å²) in [6.07, 6.45) is 0.904. The lowest BCUT2D eigenvalue weighted by molar-refractivity contribution is 0.0354. The molecule has 0 spiro atoms. The van der Waals surface area contributed by atoms with E-state index in [1.165, 1.54) is 0 Å². The molecule has 1 N–H and O–H groups in total. The highest BCUT2D eigenvalue weighted by atomic mass is 35.5. The molecule has 3 heterocycles. The molecule has 2 aromatic carbocycles. The number of H-pyrrole nitrogens is 1. The number of halogens is 1. The van der Waals surface area contributed by atoms with Crippen molar-refractivity contribution >= 4 is 17.5 Å². The van der Waals surface area contributed by atoms with Gasteiger partial charge in [-0.15, -0.1) is 0 Å². The molecule has 1 atom stereocenters. The molecule has 1 aromatic heterocycles. The molecule has 1 amide bonds. The van der Waals surface area contributed by atoms with Gasteiger partial charge < -0.3 is 9.64 Å². The topological polar surface area (TPSA) is 61.5 Å². The number of morpholine rings is 1. The summed E-state index contributed by atoms with van der Waals surface area (Å²) in [6.45, 7) is 5.09. The Balaban J connectivity index is 1.47. The molecule has 2 aliphatic heterocycles. The van der Waals surface area contributed by atoms with Gasteiger partial charge in [0.15, 0.2) is 0 Å². The zero-order chi connectivity index (χ0) is 21.2. The number of rotatable bonds is 6. The molecule has 1 fully saturated rings. The summed E-state index contributed by atoms with van der Waals surface area (Å²) in [5, 5.41) is 8.20. The number of hydrogen-bond donors (Lipinski definition) is 1. The number of aromatic nitrogens is 2. The minimum absolute atomic E-state index is 0.00312. The normalized spacial score (nSPS) is 19.1. The number of carbonyl (C=O) groups is 1. The van der Waals surface area contributed by atoms with Gasteiger partial charge in [-0.2, -0.15) is 5.10 Å². The second-order valence-electron chi connectivity index (χ2n) is 7.99. The highest BCUT2D eigenvalue weighted by molar-refractivity contribution is 6.30. The molecule has 31 heavy (non-hydrogen) atoms.